The van der Waals surface area contributed by atoms with E-state index in [0.717, 1.165) is 12.3 Å². The first kappa shape index (κ1) is 14.6. The summed E-state index contributed by atoms with van der Waals surface area (Å²) in [5, 5.41) is 0.0344. The first-order chi connectivity index (χ1) is 8.27. The summed E-state index contributed by atoms with van der Waals surface area (Å²) < 4.78 is 25.7. The molecular weight excluding hydrogens is 282 g/mol. The van der Waals surface area contributed by atoms with Gasteiger partial charge >= 0.3 is 0 Å². The number of carbonyl (C=O) groups is 1. The Bertz CT molecular complexity index is 562. The zero-order valence-electron chi connectivity index (χ0n) is 9.34. The maximum atomic E-state index is 11.8. The number of hydrazine groups is 1. The zero-order valence-corrected chi connectivity index (χ0v) is 10.9. The number of anilines is 1. The number of hydrogen-bond donors (Lipinski definition) is 4. The van der Waals surface area contributed by atoms with Crippen molar-refractivity contribution in [3.63, 3.8) is 0 Å². The molecule has 0 aliphatic carbocycles. The maximum absolute atomic E-state index is 11.8. The van der Waals surface area contributed by atoms with E-state index in [1.54, 1.807) is 0 Å². The van der Waals surface area contributed by atoms with Gasteiger partial charge in [0.2, 0.25) is 15.9 Å². The highest BCUT2D eigenvalue weighted by molar-refractivity contribution is 7.89. The standard InChI is InChI=1S/C8H12ClN5O3S/c1-4(7(10)15)14-18(16,17)5-2-6(9)8(13-11)12-3-5/h2-4,14H,11H2,1H3,(H2,10,15)(H,12,13). The van der Waals surface area contributed by atoms with Crippen LogP contribution in [0.15, 0.2) is 17.2 Å². The Labute approximate surface area is 109 Å². The number of pyridine rings is 1. The lowest BCUT2D eigenvalue weighted by Crippen LogP contribution is -2.42. The Balaban J connectivity index is 3.06. The van der Waals surface area contributed by atoms with Crippen molar-refractivity contribution >= 4 is 33.3 Å². The van der Waals surface area contributed by atoms with Crippen molar-refractivity contribution in [2.45, 2.75) is 17.9 Å². The van der Waals surface area contributed by atoms with Crippen LogP contribution in [0.3, 0.4) is 0 Å². The van der Waals surface area contributed by atoms with Crippen LogP contribution in [0, 0.1) is 0 Å². The molecule has 1 amide bonds. The normalized spacial score (nSPS) is 13.1. The fourth-order valence-corrected chi connectivity index (χ4v) is 2.50. The number of rotatable bonds is 5. The molecule has 1 aromatic heterocycles. The highest BCUT2D eigenvalue weighted by Crippen LogP contribution is 2.21. The highest BCUT2D eigenvalue weighted by atomic mass is 35.5. The largest absolute Gasteiger partial charge is 0.368 e. The van der Waals surface area contributed by atoms with E-state index < -0.39 is 22.0 Å². The van der Waals surface area contributed by atoms with E-state index in [-0.39, 0.29) is 15.7 Å². The lowest BCUT2D eigenvalue weighted by Gasteiger charge is -2.11. The third kappa shape index (κ3) is 3.29. The van der Waals surface area contributed by atoms with Gasteiger partial charge in [-0.1, -0.05) is 11.6 Å². The van der Waals surface area contributed by atoms with E-state index in [1.807, 2.05) is 0 Å². The van der Waals surface area contributed by atoms with Crippen molar-refractivity contribution in [2.24, 2.45) is 11.6 Å². The van der Waals surface area contributed by atoms with Crippen LogP contribution in [0.1, 0.15) is 6.92 Å². The van der Waals surface area contributed by atoms with Gasteiger partial charge in [0, 0.05) is 6.20 Å². The number of primary amides is 1. The molecule has 0 bridgehead atoms. The predicted molar refractivity (Wildman–Crippen MR) is 66.0 cm³/mol. The molecule has 6 N–H and O–H groups in total. The first-order valence-electron chi connectivity index (χ1n) is 4.71. The fourth-order valence-electron chi connectivity index (χ4n) is 1.03. The maximum Gasteiger partial charge on any atom is 0.242 e. The fraction of sp³-hybridized carbons (Fsp3) is 0.250. The summed E-state index contributed by atoms with van der Waals surface area (Å²) in [6, 6.07) is 0.112. The Kier molecular flexibility index (Phi) is 4.46. The number of aromatic nitrogens is 1. The molecule has 0 saturated carbocycles. The van der Waals surface area contributed by atoms with E-state index in [1.165, 1.54) is 6.92 Å². The summed E-state index contributed by atoms with van der Waals surface area (Å²) in [6.45, 7) is 1.32. The number of nitrogens with two attached hydrogens (primary N) is 2. The monoisotopic (exact) mass is 293 g/mol. The number of nitrogens with one attached hydrogen (secondary N) is 2. The van der Waals surface area contributed by atoms with Crippen LogP contribution in [0.25, 0.3) is 0 Å². The van der Waals surface area contributed by atoms with Gasteiger partial charge in [-0.2, -0.15) is 4.72 Å². The molecule has 0 fully saturated rings. The Hall–Kier alpha value is -1.42. The van der Waals surface area contributed by atoms with Gasteiger partial charge in [0.15, 0.2) is 5.82 Å². The van der Waals surface area contributed by atoms with Gasteiger partial charge in [-0.05, 0) is 13.0 Å². The van der Waals surface area contributed by atoms with Crippen molar-refractivity contribution in [3.8, 4) is 0 Å². The van der Waals surface area contributed by atoms with Gasteiger partial charge in [0.25, 0.3) is 0 Å². The Morgan fingerprint density at radius 2 is 2.17 bits per heavy atom. The molecule has 0 aliphatic heterocycles. The number of hydrogen-bond acceptors (Lipinski definition) is 6. The molecule has 0 radical (unpaired) electrons. The number of nitrogens with zero attached hydrogens (tertiary/aromatic N) is 1. The van der Waals surface area contributed by atoms with Crippen molar-refractivity contribution in [2.75, 3.05) is 5.43 Å². The average Bonchev–Trinajstić information content (AvgIpc) is 2.28. The van der Waals surface area contributed by atoms with Crippen LogP contribution in [0.5, 0.6) is 0 Å². The summed E-state index contributed by atoms with van der Waals surface area (Å²) in [5.74, 6) is 4.45. The zero-order chi connectivity index (χ0) is 13.9. The molecule has 1 atom stereocenters. The summed E-state index contributed by atoms with van der Waals surface area (Å²) in [6.07, 6.45) is 1.05. The topological polar surface area (TPSA) is 140 Å². The molecule has 0 aromatic carbocycles. The van der Waals surface area contributed by atoms with Gasteiger partial charge in [-0.25, -0.2) is 19.2 Å². The SMILES string of the molecule is CC(NS(=O)(=O)c1cnc(NN)c(Cl)c1)C(N)=O. The summed E-state index contributed by atoms with van der Waals surface area (Å²) in [7, 11) is -3.92. The predicted octanol–water partition coefficient (Wildman–Crippen LogP) is -0.827. The molecule has 0 aliphatic rings. The molecule has 0 spiro atoms. The number of carbonyl (C=O) groups excluding carboxylic acids is 1. The van der Waals surface area contributed by atoms with Crippen LogP contribution in [-0.2, 0) is 14.8 Å². The molecule has 18 heavy (non-hydrogen) atoms. The number of halogens is 1. The van der Waals surface area contributed by atoms with E-state index in [0.29, 0.717) is 0 Å². The van der Waals surface area contributed by atoms with Crippen LogP contribution >= 0.6 is 11.6 Å². The molecule has 8 nitrogen and oxygen atoms in total. The van der Waals surface area contributed by atoms with Gasteiger partial charge in [-0.3, -0.25) is 4.79 Å². The van der Waals surface area contributed by atoms with Crippen LogP contribution in [-0.4, -0.2) is 25.4 Å². The second-order valence-corrected chi connectivity index (χ2v) is 5.51. The number of amides is 1. The van der Waals surface area contributed by atoms with Gasteiger partial charge in [-0.15, -0.1) is 0 Å². The minimum absolute atomic E-state index is 0.0344. The van der Waals surface area contributed by atoms with Gasteiger partial charge in [0.05, 0.1) is 11.1 Å². The van der Waals surface area contributed by atoms with Crippen LogP contribution in [0.4, 0.5) is 5.82 Å². The molecule has 1 heterocycles. The van der Waals surface area contributed by atoms with E-state index in [9.17, 15) is 13.2 Å². The minimum atomic E-state index is -3.92. The quantitative estimate of drug-likeness (QED) is 0.413. The molecule has 0 saturated heterocycles. The van der Waals surface area contributed by atoms with E-state index in [4.69, 9.17) is 23.2 Å². The third-order valence-corrected chi connectivity index (χ3v) is 3.82. The van der Waals surface area contributed by atoms with Gasteiger partial charge < -0.3 is 11.2 Å². The van der Waals surface area contributed by atoms with E-state index >= 15 is 0 Å². The smallest absolute Gasteiger partial charge is 0.242 e. The molecular formula is C8H12ClN5O3S. The summed E-state index contributed by atoms with van der Waals surface area (Å²) >= 11 is 5.75. The Morgan fingerprint density at radius 3 is 2.61 bits per heavy atom. The summed E-state index contributed by atoms with van der Waals surface area (Å²) in [4.78, 5) is 14.3. The second-order valence-electron chi connectivity index (χ2n) is 3.39. The van der Waals surface area contributed by atoms with Crippen molar-refractivity contribution in [1.29, 1.82) is 0 Å². The average molecular weight is 294 g/mol. The van der Waals surface area contributed by atoms with Crippen molar-refractivity contribution < 1.29 is 13.2 Å². The second kappa shape index (κ2) is 5.48. The van der Waals surface area contributed by atoms with Crippen molar-refractivity contribution in [3.05, 3.63) is 17.3 Å². The molecule has 1 rings (SSSR count). The van der Waals surface area contributed by atoms with Gasteiger partial charge in [0.1, 0.15) is 4.90 Å². The molecule has 100 valence electrons. The van der Waals surface area contributed by atoms with E-state index in [2.05, 4.69) is 15.1 Å². The van der Waals surface area contributed by atoms with Crippen LogP contribution in [0.2, 0.25) is 5.02 Å². The summed E-state index contributed by atoms with van der Waals surface area (Å²) in [5.41, 5.74) is 7.16. The highest BCUT2D eigenvalue weighted by Gasteiger charge is 2.21. The van der Waals surface area contributed by atoms with Crippen LogP contribution < -0.4 is 21.7 Å². The number of nitrogen functional groups attached to an aromatic ring is 1. The minimum Gasteiger partial charge on any atom is -0.368 e. The van der Waals surface area contributed by atoms with Crippen molar-refractivity contribution in [1.82, 2.24) is 9.71 Å². The first-order valence-corrected chi connectivity index (χ1v) is 6.58. The lowest BCUT2D eigenvalue weighted by molar-refractivity contribution is -0.119. The molecule has 10 heteroatoms. The number of sulfonamides is 1. The molecule has 1 aromatic rings. The molecule has 1 unspecified atom stereocenters. The lowest BCUT2D eigenvalue weighted by atomic mass is 10.4. The Morgan fingerprint density at radius 1 is 1.56 bits per heavy atom. The third-order valence-electron chi connectivity index (χ3n) is 2.02.